The first-order valence-electron chi connectivity index (χ1n) is 5.52. The Morgan fingerprint density at radius 1 is 1.35 bits per heavy atom. The molecule has 0 aliphatic rings. The molecule has 0 saturated carbocycles. The van der Waals surface area contributed by atoms with E-state index in [9.17, 15) is 8.42 Å². The van der Waals surface area contributed by atoms with E-state index >= 15 is 0 Å². The lowest BCUT2D eigenvalue weighted by Gasteiger charge is -2.25. The van der Waals surface area contributed by atoms with Gasteiger partial charge >= 0.3 is 0 Å². The average molecular weight is 258 g/mol. The van der Waals surface area contributed by atoms with Crippen molar-refractivity contribution in [2.75, 3.05) is 12.3 Å². The number of nitrogen functional groups attached to an aromatic ring is 1. The number of nitrogens with two attached hydrogens (primary N) is 1. The van der Waals surface area contributed by atoms with E-state index in [1.807, 2.05) is 20.8 Å². The molecule has 1 aromatic rings. The van der Waals surface area contributed by atoms with Crippen LogP contribution in [0.5, 0.6) is 0 Å². The summed E-state index contributed by atoms with van der Waals surface area (Å²) in [7, 11) is -3.53. The molecule has 2 N–H and O–H groups in total. The summed E-state index contributed by atoms with van der Waals surface area (Å²) < 4.78 is 26.0. The van der Waals surface area contributed by atoms with Crippen molar-refractivity contribution < 1.29 is 8.42 Å². The van der Waals surface area contributed by atoms with Crippen molar-refractivity contribution in [3.8, 4) is 0 Å². The molecule has 7 heteroatoms. The lowest BCUT2D eigenvalue weighted by molar-refractivity contribution is 0.342. The van der Waals surface area contributed by atoms with Crippen LogP contribution in [0.25, 0.3) is 0 Å². The lowest BCUT2D eigenvalue weighted by atomic mass is 10.3. The highest BCUT2D eigenvalue weighted by molar-refractivity contribution is 7.89. The Bertz CT molecular complexity index is 458. The molecule has 1 heterocycles. The van der Waals surface area contributed by atoms with Crippen LogP contribution in [0.4, 0.5) is 5.95 Å². The molecule has 0 amide bonds. The van der Waals surface area contributed by atoms with E-state index in [0.29, 0.717) is 6.54 Å². The molecule has 1 aromatic heterocycles. The largest absolute Gasteiger partial charge is 0.368 e. The highest BCUT2D eigenvalue weighted by atomic mass is 32.2. The molecule has 0 radical (unpaired) electrons. The first kappa shape index (κ1) is 13.9. The summed E-state index contributed by atoms with van der Waals surface area (Å²) >= 11 is 0. The van der Waals surface area contributed by atoms with E-state index in [-0.39, 0.29) is 16.9 Å². The Labute approximate surface area is 102 Å². The van der Waals surface area contributed by atoms with Gasteiger partial charge in [-0.25, -0.2) is 18.4 Å². The minimum absolute atomic E-state index is 0.0532. The van der Waals surface area contributed by atoms with Crippen LogP contribution in [0.2, 0.25) is 0 Å². The van der Waals surface area contributed by atoms with Gasteiger partial charge in [-0.1, -0.05) is 13.8 Å². The van der Waals surface area contributed by atoms with E-state index in [2.05, 4.69) is 9.97 Å². The van der Waals surface area contributed by atoms with Gasteiger partial charge in [0.05, 0.1) is 12.4 Å². The van der Waals surface area contributed by atoms with Crippen molar-refractivity contribution in [2.45, 2.75) is 38.1 Å². The van der Waals surface area contributed by atoms with Gasteiger partial charge in [0, 0.05) is 12.6 Å². The summed E-state index contributed by atoms with van der Waals surface area (Å²) in [5, 5.41) is 0. The fourth-order valence-electron chi connectivity index (χ4n) is 1.52. The monoisotopic (exact) mass is 258 g/mol. The van der Waals surface area contributed by atoms with Gasteiger partial charge in [-0.05, 0) is 13.3 Å². The number of aromatic nitrogens is 2. The summed E-state index contributed by atoms with van der Waals surface area (Å²) in [5.41, 5.74) is 5.33. The number of rotatable bonds is 5. The fourth-order valence-corrected chi connectivity index (χ4v) is 3.12. The highest BCUT2D eigenvalue weighted by Crippen LogP contribution is 2.18. The van der Waals surface area contributed by atoms with E-state index in [0.717, 1.165) is 6.42 Å². The Morgan fingerprint density at radius 2 is 1.88 bits per heavy atom. The van der Waals surface area contributed by atoms with Gasteiger partial charge in [-0.2, -0.15) is 4.31 Å². The van der Waals surface area contributed by atoms with Crippen molar-refractivity contribution in [2.24, 2.45) is 0 Å². The van der Waals surface area contributed by atoms with Crippen LogP contribution in [0.1, 0.15) is 27.2 Å². The summed E-state index contributed by atoms with van der Waals surface area (Å²) in [4.78, 5) is 7.49. The molecule has 96 valence electrons. The maximum atomic E-state index is 12.3. The molecule has 1 unspecified atom stereocenters. The van der Waals surface area contributed by atoms with Gasteiger partial charge in [0.1, 0.15) is 4.90 Å². The second kappa shape index (κ2) is 5.42. The third-order valence-electron chi connectivity index (χ3n) is 2.65. The second-order valence-electron chi connectivity index (χ2n) is 3.74. The maximum Gasteiger partial charge on any atom is 0.246 e. The van der Waals surface area contributed by atoms with Crippen LogP contribution in [-0.4, -0.2) is 35.3 Å². The first-order valence-corrected chi connectivity index (χ1v) is 6.96. The van der Waals surface area contributed by atoms with Crippen molar-refractivity contribution in [3.05, 3.63) is 12.4 Å². The van der Waals surface area contributed by atoms with Gasteiger partial charge in [0.2, 0.25) is 16.0 Å². The van der Waals surface area contributed by atoms with Crippen LogP contribution in [0.3, 0.4) is 0 Å². The smallest absolute Gasteiger partial charge is 0.246 e. The van der Waals surface area contributed by atoms with Gasteiger partial charge < -0.3 is 5.73 Å². The number of anilines is 1. The second-order valence-corrected chi connectivity index (χ2v) is 5.63. The molecular formula is C10H18N4O2S. The zero-order valence-corrected chi connectivity index (χ0v) is 11.1. The molecule has 0 spiro atoms. The number of nitrogens with zero attached hydrogens (tertiary/aromatic N) is 3. The molecular weight excluding hydrogens is 240 g/mol. The summed E-state index contributed by atoms with van der Waals surface area (Å²) in [6, 6.07) is -0.0532. The van der Waals surface area contributed by atoms with Crippen LogP contribution in [0, 0.1) is 0 Å². The molecule has 0 saturated heterocycles. The standard InChI is InChI=1S/C10H18N4O2S/c1-4-8(3)14(5-2)17(15,16)9-6-12-10(11)13-7-9/h6-8H,4-5H2,1-3H3,(H2,11,12,13). The molecule has 1 atom stereocenters. The quantitative estimate of drug-likeness (QED) is 0.846. The Kier molecular flexibility index (Phi) is 4.41. The normalized spacial score (nSPS) is 13.9. The number of sulfonamides is 1. The van der Waals surface area contributed by atoms with Crippen LogP contribution in [0.15, 0.2) is 17.3 Å². The summed E-state index contributed by atoms with van der Waals surface area (Å²) in [5.74, 6) is 0.0653. The van der Waals surface area contributed by atoms with Gasteiger partial charge in [0.25, 0.3) is 0 Å². The molecule has 17 heavy (non-hydrogen) atoms. The number of hydrogen-bond donors (Lipinski definition) is 1. The molecule has 0 bridgehead atoms. The Morgan fingerprint density at radius 3 is 2.29 bits per heavy atom. The molecule has 1 rings (SSSR count). The van der Waals surface area contributed by atoms with Crippen LogP contribution in [-0.2, 0) is 10.0 Å². The third kappa shape index (κ3) is 2.92. The summed E-state index contributed by atoms with van der Waals surface area (Å²) in [6.07, 6.45) is 3.23. The molecule has 0 aliphatic carbocycles. The van der Waals surface area contributed by atoms with E-state index < -0.39 is 10.0 Å². The molecule has 0 aromatic carbocycles. The first-order chi connectivity index (χ1) is 7.93. The zero-order chi connectivity index (χ0) is 13.1. The van der Waals surface area contributed by atoms with Gasteiger partial charge in [-0.3, -0.25) is 0 Å². The van der Waals surface area contributed by atoms with Crippen LogP contribution < -0.4 is 5.73 Å². The molecule has 6 nitrogen and oxygen atoms in total. The Balaban J connectivity index is 3.13. The average Bonchev–Trinajstić information content (AvgIpc) is 2.29. The predicted molar refractivity (Wildman–Crippen MR) is 65.8 cm³/mol. The fraction of sp³-hybridized carbons (Fsp3) is 0.600. The zero-order valence-electron chi connectivity index (χ0n) is 10.3. The minimum Gasteiger partial charge on any atom is -0.368 e. The topological polar surface area (TPSA) is 89.2 Å². The van der Waals surface area contributed by atoms with Crippen molar-refractivity contribution in [3.63, 3.8) is 0 Å². The van der Waals surface area contributed by atoms with Crippen molar-refractivity contribution in [1.29, 1.82) is 0 Å². The van der Waals surface area contributed by atoms with Crippen molar-refractivity contribution in [1.82, 2.24) is 14.3 Å². The van der Waals surface area contributed by atoms with Crippen molar-refractivity contribution >= 4 is 16.0 Å². The predicted octanol–water partition coefficient (Wildman–Crippen LogP) is 0.868. The maximum absolute atomic E-state index is 12.3. The van der Waals surface area contributed by atoms with E-state index in [1.165, 1.54) is 16.7 Å². The highest BCUT2D eigenvalue weighted by Gasteiger charge is 2.27. The molecule has 0 fully saturated rings. The SMILES string of the molecule is CCC(C)N(CC)S(=O)(=O)c1cnc(N)nc1. The lowest BCUT2D eigenvalue weighted by Crippen LogP contribution is -2.38. The Hall–Kier alpha value is -1.21. The van der Waals surface area contributed by atoms with E-state index in [4.69, 9.17) is 5.73 Å². The minimum atomic E-state index is -3.53. The summed E-state index contributed by atoms with van der Waals surface area (Å²) in [6.45, 7) is 6.05. The number of hydrogen-bond acceptors (Lipinski definition) is 5. The molecule has 0 aliphatic heterocycles. The van der Waals surface area contributed by atoms with Crippen LogP contribution >= 0.6 is 0 Å². The third-order valence-corrected chi connectivity index (χ3v) is 4.69. The van der Waals surface area contributed by atoms with E-state index in [1.54, 1.807) is 0 Å². The van der Waals surface area contributed by atoms with Gasteiger partial charge in [0.15, 0.2) is 0 Å². The van der Waals surface area contributed by atoms with Gasteiger partial charge in [-0.15, -0.1) is 0 Å².